The van der Waals surface area contributed by atoms with E-state index in [0.29, 0.717) is 19.0 Å². The maximum Gasteiger partial charge on any atom is 0.188 e. The summed E-state index contributed by atoms with van der Waals surface area (Å²) in [7, 11) is 0. The molecule has 0 aromatic carbocycles. The summed E-state index contributed by atoms with van der Waals surface area (Å²) in [6.07, 6.45) is 2.78. The highest BCUT2D eigenvalue weighted by atomic mass is 127. The van der Waals surface area contributed by atoms with Crippen LogP contribution in [-0.2, 0) is 0 Å². The van der Waals surface area contributed by atoms with Crippen molar-refractivity contribution in [2.45, 2.75) is 40.0 Å². The molecule has 18 heavy (non-hydrogen) atoms. The molecule has 4 nitrogen and oxygen atoms in total. The summed E-state index contributed by atoms with van der Waals surface area (Å²) in [6, 6.07) is 0. The zero-order valence-electron chi connectivity index (χ0n) is 11.8. The van der Waals surface area contributed by atoms with E-state index in [0.717, 1.165) is 24.8 Å². The van der Waals surface area contributed by atoms with Gasteiger partial charge in [-0.25, -0.2) is 0 Å². The highest BCUT2D eigenvalue weighted by Gasteiger charge is 2.25. The summed E-state index contributed by atoms with van der Waals surface area (Å²) in [5, 5.41) is 12.1. The number of aliphatic hydroxyl groups is 1. The van der Waals surface area contributed by atoms with Crippen LogP contribution in [-0.4, -0.2) is 30.8 Å². The average molecular weight is 369 g/mol. The molecule has 0 saturated carbocycles. The maximum atomic E-state index is 9.10. The number of nitrogens with two attached hydrogens (primary N) is 1. The van der Waals surface area contributed by atoms with Crippen molar-refractivity contribution >= 4 is 29.9 Å². The van der Waals surface area contributed by atoms with Crippen LogP contribution in [0.3, 0.4) is 0 Å². The molecule has 0 heterocycles. The molecular weight excluding hydrogens is 341 g/mol. The molecule has 5 heteroatoms. The van der Waals surface area contributed by atoms with E-state index in [2.05, 4.69) is 30.7 Å². The van der Waals surface area contributed by atoms with Gasteiger partial charge in [-0.3, -0.25) is 4.99 Å². The van der Waals surface area contributed by atoms with Crippen LogP contribution in [0.2, 0.25) is 0 Å². The molecule has 0 aliphatic carbocycles. The summed E-state index contributed by atoms with van der Waals surface area (Å²) >= 11 is 0. The Morgan fingerprint density at radius 3 is 2.33 bits per heavy atom. The van der Waals surface area contributed by atoms with Crippen LogP contribution in [0, 0.1) is 5.41 Å². The van der Waals surface area contributed by atoms with Gasteiger partial charge in [-0.1, -0.05) is 26.0 Å². The second kappa shape index (κ2) is 10.6. The molecule has 108 valence electrons. The number of nitrogens with one attached hydrogen (secondary N) is 1. The smallest absolute Gasteiger partial charge is 0.188 e. The van der Waals surface area contributed by atoms with Crippen LogP contribution in [0.25, 0.3) is 0 Å². The molecule has 0 aliphatic rings. The van der Waals surface area contributed by atoms with Crippen LogP contribution in [0.1, 0.15) is 40.0 Å². The van der Waals surface area contributed by atoms with Crippen molar-refractivity contribution in [1.29, 1.82) is 0 Å². The predicted octanol–water partition coefficient (Wildman–Crippen LogP) is 2.27. The van der Waals surface area contributed by atoms with E-state index in [4.69, 9.17) is 10.8 Å². The van der Waals surface area contributed by atoms with E-state index in [1.807, 2.05) is 6.92 Å². The second-order valence-corrected chi connectivity index (χ2v) is 4.69. The lowest BCUT2D eigenvalue weighted by atomic mass is 9.79. The van der Waals surface area contributed by atoms with Crippen molar-refractivity contribution in [3.05, 3.63) is 12.2 Å². The number of aliphatic hydroxyl groups excluding tert-OH is 1. The monoisotopic (exact) mass is 369 g/mol. The fraction of sp³-hybridized carbons (Fsp3) is 0.769. The standard InChI is InChI=1S/C13H27N3O.HI/c1-5-13(6-2,7-8-17)10-16-12(14)15-9-11(3)4;/h17H,3,5-10H2,1-2,4H3,(H3,14,15,16);1H. The molecule has 0 rings (SSSR count). The Balaban J connectivity index is 0. The van der Waals surface area contributed by atoms with Crippen LogP contribution < -0.4 is 11.1 Å². The summed E-state index contributed by atoms with van der Waals surface area (Å²) in [5.41, 5.74) is 6.87. The lowest BCUT2D eigenvalue weighted by molar-refractivity contribution is 0.175. The topological polar surface area (TPSA) is 70.6 Å². The minimum absolute atomic E-state index is 0. The number of guanidine groups is 1. The third-order valence-electron chi connectivity index (χ3n) is 3.30. The molecule has 0 bridgehead atoms. The molecule has 0 aromatic rings. The SMILES string of the molecule is C=C(C)CNC(N)=NCC(CC)(CC)CCO.I. The Hall–Kier alpha value is -0.300. The minimum atomic E-state index is 0. The van der Waals surface area contributed by atoms with Crippen LogP contribution in [0.15, 0.2) is 17.1 Å². The predicted molar refractivity (Wildman–Crippen MR) is 89.4 cm³/mol. The molecule has 0 radical (unpaired) electrons. The van der Waals surface area contributed by atoms with Gasteiger partial charge in [-0.2, -0.15) is 0 Å². The highest BCUT2D eigenvalue weighted by Crippen LogP contribution is 2.30. The van der Waals surface area contributed by atoms with Crippen LogP contribution >= 0.6 is 24.0 Å². The van der Waals surface area contributed by atoms with Crippen molar-refractivity contribution in [3.8, 4) is 0 Å². The number of aliphatic imine (C=N–C) groups is 1. The molecule has 0 aliphatic heterocycles. The second-order valence-electron chi connectivity index (χ2n) is 4.69. The normalized spacial score (nSPS) is 11.9. The van der Waals surface area contributed by atoms with Gasteiger partial charge in [0.1, 0.15) is 0 Å². The van der Waals surface area contributed by atoms with Crippen LogP contribution in [0.5, 0.6) is 0 Å². The summed E-state index contributed by atoms with van der Waals surface area (Å²) in [5.74, 6) is 0.456. The van der Waals surface area contributed by atoms with E-state index in [9.17, 15) is 0 Å². The van der Waals surface area contributed by atoms with E-state index in [-0.39, 0.29) is 36.0 Å². The number of halogens is 1. The molecule has 0 atom stereocenters. The van der Waals surface area contributed by atoms with Gasteiger partial charge >= 0.3 is 0 Å². The molecule has 0 spiro atoms. The summed E-state index contributed by atoms with van der Waals surface area (Å²) in [6.45, 7) is 11.5. The number of rotatable bonds is 8. The number of hydrogen-bond donors (Lipinski definition) is 3. The molecule has 0 amide bonds. The van der Waals surface area contributed by atoms with E-state index >= 15 is 0 Å². The Morgan fingerprint density at radius 2 is 1.94 bits per heavy atom. The zero-order valence-corrected chi connectivity index (χ0v) is 14.2. The fourth-order valence-corrected chi connectivity index (χ4v) is 1.69. The van der Waals surface area contributed by atoms with Gasteiger partial charge < -0.3 is 16.2 Å². The third-order valence-corrected chi connectivity index (χ3v) is 3.30. The first kappa shape index (κ1) is 20.0. The first-order chi connectivity index (χ1) is 7.99. The minimum Gasteiger partial charge on any atom is -0.396 e. The van der Waals surface area contributed by atoms with E-state index in [1.165, 1.54) is 0 Å². The Bertz CT molecular complexity index is 263. The first-order valence-corrected chi connectivity index (χ1v) is 6.28. The molecule has 0 fully saturated rings. The lowest BCUT2D eigenvalue weighted by Gasteiger charge is -2.29. The quantitative estimate of drug-likeness (QED) is 0.266. The maximum absolute atomic E-state index is 9.10. The summed E-state index contributed by atoms with van der Waals surface area (Å²) in [4.78, 5) is 4.36. The van der Waals surface area contributed by atoms with Gasteiger partial charge in [0.25, 0.3) is 0 Å². The van der Waals surface area contributed by atoms with Crippen LogP contribution in [0.4, 0.5) is 0 Å². The lowest BCUT2D eigenvalue weighted by Crippen LogP contribution is -2.35. The highest BCUT2D eigenvalue weighted by molar-refractivity contribution is 14.0. The van der Waals surface area contributed by atoms with Crippen molar-refractivity contribution < 1.29 is 5.11 Å². The number of nitrogens with zero attached hydrogens (tertiary/aromatic N) is 1. The van der Waals surface area contributed by atoms with Gasteiger partial charge in [0.2, 0.25) is 0 Å². The fourth-order valence-electron chi connectivity index (χ4n) is 1.69. The number of hydrogen-bond acceptors (Lipinski definition) is 2. The van der Waals surface area contributed by atoms with Gasteiger partial charge in [0, 0.05) is 19.7 Å². The molecule has 0 unspecified atom stereocenters. The molecule has 4 N–H and O–H groups in total. The van der Waals surface area contributed by atoms with Gasteiger partial charge in [0.05, 0.1) is 0 Å². The van der Waals surface area contributed by atoms with Gasteiger partial charge in [-0.15, -0.1) is 24.0 Å². The Kier molecular flexibility index (Phi) is 11.8. The molecule has 0 saturated heterocycles. The van der Waals surface area contributed by atoms with Crippen molar-refractivity contribution in [1.82, 2.24) is 5.32 Å². The van der Waals surface area contributed by atoms with E-state index in [1.54, 1.807) is 0 Å². The zero-order chi connectivity index (χ0) is 13.3. The van der Waals surface area contributed by atoms with Gasteiger partial charge in [-0.05, 0) is 31.6 Å². The van der Waals surface area contributed by atoms with Crippen molar-refractivity contribution in [2.24, 2.45) is 16.1 Å². The summed E-state index contributed by atoms with van der Waals surface area (Å²) < 4.78 is 0. The third kappa shape index (κ3) is 7.92. The van der Waals surface area contributed by atoms with E-state index < -0.39 is 0 Å². The molecule has 0 aromatic heterocycles. The first-order valence-electron chi connectivity index (χ1n) is 6.28. The Morgan fingerprint density at radius 1 is 1.39 bits per heavy atom. The van der Waals surface area contributed by atoms with Crippen molar-refractivity contribution in [2.75, 3.05) is 19.7 Å². The van der Waals surface area contributed by atoms with Crippen molar-refractivity contribution in [3.63, 3.8) is 0 Å². The van der Waals surface area contributed by atoms with Gasteiger partial charge in [0.15, 0.2) is 5.96 Å². The largest absolute Gasteiger partial charge is 0.396 e. The average Bonchev–Trinajstić information content (AvgIpc) is 2.32. The Labute approximate surface area is 128 Å². The molecular formula is C13H28IN3O.